The Kier molecular flexibility index (Phi) is 4.85. The summed E-state index contributed by atoms with van der Waals surface area (Å²) >= 11 is 0. The third-order valence-corrected chi connectivity index (χ3v) is 6.45. The number of para-hydroxylation sites is 1. The van der Waals surface area contributed by atoms with E-state index in [0.717, 1.165) is 43.3 Å². The maximum Gasteiger partial charge on any atom is 0.363 e. The molecular weight excluding hydrogens is 376 g/mol. The normalized spacial score (nSPS) is 14.5. The molecule has 1 N–H and O–H groups in total. The Morgan fingerprint density at radius 2 is 1.71 bits per heavy atom. The minimum Gasteiger partial charge on any atom is -0.421 e. The predicted octanol–water partition coefficient (Wildman–Crippen LogP) is 3.76. The number of hydrogen-bond acceptors (Lipinski definition) is 5. The van der Waals surface area contributed by atoms with Crippen molar-refractivity contribution >= 4 is 32.4 Å². The van der Waals surface area contributed by atoms with Gasteiger partial charge in [0.15, 0.2) is 5.69 Å². The lowest BCUT2D eigenvalue weighted by Gasteiger charge is -2.22. The van der Waals surface area contributed by atoms with Gasteiger partial charge in [-0.05, 0) is 49.1 Å². The highest BCUT2D eigenvalue weighted by molar-refractivity contribution is 7.92. The van der Waals surface area contributed by atoms with Gasteiger partial charge in [-0.2, -0.15) is 0 Å². The zero-order valence-corrected chi connectivity index (χ0v) is 16.5. The van der Waals surface area contributed by atoms with Crippen LogP contribution in [0.25, 0.3) is 11.0 Å². The van der Waals surface area contributed by atoms with Crippen LogP contribution in [0.2, 0.25) is 0 Å². The number of nitrogens with one attached hydrogen (secondary N) is 1. The summed E-state index contributed by atoms with van der Waals surface area (Å²) in [5.74, 6) is 0. The molecule has 3 aromatic rings. The molecule has 28 heavy (non-hydrogen) atoms. The van der Waals surface area contributed by atoms with Gasteiger partial charge in [0.2, 0.25) is 0 Å². The van der Waals surface area contributed by atoms with Gasteiger partial charge < -0.3 is 9.32 Å². The van der Waals surface area contributed by atoms with Gasteiger partial charge in [0.25, 0.3) is 10.0 Å². The standard InChI is InChI=1S/C21H22N2O4S/c1-2-15-9-11-16(12-10-15)28(25,26)22-19-20(23-13-5-6-14-23)17-7-3-4-8-18(17)27-21(19)24/h3-4,7-12,22H,2,5-6,13-14H2,1H3. The van der Waals surface area contributed by atoms with Crippen LogP contribution >= 0.6 is 0 Å². The minimum atomic E-state index is -3.92. The molecule has 1 saturated heterocycles. The summed E-state index contributed by atoms with van der Waals surface area (Å²) in [6, 6.07) is 13.9. The number of nitrogens with zero attached hydrogens (tertiary/aromatic N) is 1. The molecule has 1 aliphatic rings. The van der Waals surface area contributed by atoms with Crippen LogP contribution in [-0.4, -0.2) is 21.5 Å². The molecular formula is C21H22N2O4S. The Balaban J connectivity index is 1.84. The number of fused-ring (bicyclic) bond motifs is 1. The van der Waals surface area contributed by atoms with Gasteiger partial charge in [-0.25, -0.2) is 13.2 Å². The number of sulfonamides is 1. The van der Waals surface area contributed by atoms with Gasteiger partial charge in [0.1, 0.15) is 5.58 Å². The van der Waals surface area contributed by atoms with Crippen LogP contribution in [0.3, 0.4) is 0 Å². The maximum absolute atomic E-state index is 12.9. The van der Waals surface area contributed by atoms with E-state index in [4.69, 9.17) is 4.42 Å². The number of hydrogen-bond donors (Lipinski definition) is 1. The van der Waals surface area contributed by atoms with E-state index in [1.54, 1.807) is 36.4 Å². The summed E-state index contributed by atoms with van der Waals surface area (Å²) in [6.07, 6.45) is 2.82. The molecule has 0 bridgehead atoms. The molecule has 0 unspecified atom stereocenters. The van der Waals surface area contributed by atoms with Crippen molar-refractivity contribution in [2.75, 3.05) is 22.7 Å². The first-order chi connectivity index (χ1) is 13.5. The van der Waals surface area contributed by atoms with E-state index in [1.165, 1.54) is 0 Å². The lowest BCUT2D eigenvalue weighted by Crippen LogP contribution is -2.25. The first-order valence-corrected chi connectivity index (χ1v) is 10.9. The molecule has 1 aromatic heterocycles. The molecule has 146 valence electrons. The molecule has 0 radical (unpaired) electrons. The number of aryl methyl sites for hydroxylation is 1. The van der Waals surface area contributed by atoms with Crippen molar-refractivity contribution in [1.29, 1.82) is 0 Å². The monoisotopic (exact) mass is 398 g/mol. The Morgan fingerprint density at radius 1 is 1.04 bits per heavy atom. The predicted molar refractivity (Wildman–Crippen MR) is 111 cm³/mol. The molecule has 2 aromatic carbocycles. The Bertz CT molecular complexity index is 1160. The van der Waals surface area contributed by atoms with Crippen LogP contribution in [-0.2, 0) is 16.4 Å². The lowest BCUT2D eigenvalue weighted by atomic mass is 10.1. The van der Waals surface area contributed by atoms with E-state index >= 15 is 0 Å². The van der Waals surface area contributed by atoms with Gasteiger partial charge in [-0.3, -0.25) is 4.72 Å². The van der Waals surface area contributed by atoms with Crippen molar-refractivity contribution < 1.29 is 12.8 Å². The molecule has 0 amide bonds. The highest BCUT2D eigenvalue weighted by atomic mass is 32.2. The summed E-state index contributed by atoms with van der Waals surface area (Å²) < 4.78 is 33.8. The van der Waals surface area contributed by atoms with Crippen molar-refractivity contribution in [3.8, 4) is 0 Å². The molecule has 7 heteroatoms. The molecule has 0 saturated carbocycles. The fourth-order valence-corrected chi connectivity index (χ4v) is 4.65. The van der Waals surface area contributed by atoms with Crippen molar-refractivity contribution in [3.63, 3.8) is 0 Å². The summed E-state index contributed by atoms with van der Waals surface area (Å²) in [6.45, 7) is 3.55. The van der Waals surface area contributed by atoms with Gasteiger partial charge in [-0.15, -0.1) is 0 Å². The van der Waals surface area contributed by atoms with Crippen molar-refractivity contribution in [2.45, 2.75) is 31.1 Å². The number of benzene rings is 2. The molecule has 0 aliphatic carbocycles. The van der Waals surface area contributed by atoms with E-state index in [1.807, 2.05) is 19.1 Å². The fraction of sp³-hybridized carbons (Fsp3) is 0.286. The topological polar surface area (TPSA) is 79.6 Å². The minimum absolute atomic E-state index is 0.0276. The zero-order valence-electron chi connectivity index (χ0n) is 15.6. The van der Waals surface area contributed by atoms with Gasteiger partial charge in [0, 0.05) is 18.5 Å². The molecule has 1 aliphatic heterocycles. The SMILES string of the molecule is CCc1ccc(S(=O)(=O)Nc2c(N3CCCC3)c3ccccc3oc2=O)cc1. The van der Waals surface area contributed by atoms with Gasteiger partial charge >= 0.3 is 5.63 Å². The second-order valence-corrected chi connectivity index (χ2v) is 8.59. The molecule has 4 rings (SSSR count). The van der Waals surface area contributed by atoms with E-state index < -0.39 is 15.6 Å². The van der Waals surface area contributed by atoms with Crippen molar-refractivity contribution in [3.05, 3.63) is 64.5 Å². The maximum atomic E-state index is 12.9. The Morgan fingerprint density at radius 3 is 2.39 bits per heavy atom. The third-order valence-electron chi connectivity index (χ3n) is 5.09. The molecule has 1 fully saturated rings. The summed E-state index contributed by atoms with van der Waals surface area (Å²) in [4.78, 5) is 14.9. The second-order valence-electron chi connectivity index (χ2n) is 6.91. The smallest absolute Gasteiger partial charge is 0.363 e. The van der Waals surface area contributed by atoms with E-state index in [2.05, 4.69) is 9.62 Å². The summed E-state index contributed by atoms with van der Waals surface area (Å²) in [5, 5.41) is 0.725. The van der Waals surface area contributed by atoms with Gasteiger partial charge in [-0.1, -0.05) is 31.2 Å². The zero-order chi connectivity index (χ0) is 19.7. The average Bonchev–Trinajstić information content (AvgIpc) is 3.23. The van der Waals surface area contributed by atoms with Crippen LogP contribution in [0.1, 0.15) is 25.3 Å². The summed E-state index contributed by atoms with van der Waals surface area (Å²) in [7, 11) is -3.92. The number of anilines is 2. The van der Waals surface area contributed by atoms with E-state index in [-0.39, 0.29) is 10.6 Å². The van der Waals surface area contributed by atoms with Crippen molar-refractivity contribution in [2.24, 2.45) is 0 Å². The quantitative estimate of drug-likeness (QED) is 0.662. The second kappa shape index (κ2) is 7.31. The fourth-order valence-electron chi connectivity index (χ4n) is 3.59. The highest BCUT2D eigenvalue weighted by Crippen LogP contribution is 2.35. The third kappa shape index (κ3) is 3.38. The van der Waals surface area contributed by atoms with Crippen LogP contribution in [0.4, 0.5) is 11.4 Å². The Hall–Kier alpha value is -2.80. The molecule has 0 spiro atoms. The highest BCUT2D eigenvalue weighted by Gasteiger charge is 2.26. The van der Waals surface area contributed by atoms with Gasteiger partial charge in [0.05, 0.1) is 10.6 Å². The average molecular weight is 398 g/mol. The Labute approximate surface area is 163 Å². The molecule has 2 heterocycles. The van der Waals surface area contributed by atoms with E-state index in [0.29, 0.717) is 11.3 Å². The first kappa shape index (κ1) is 18.6. The lowest BCUT2D eigenvalue weighted by molar-refractivity contribution is 0.562. The van der Waals surface area contributed by atoms with Crippen LogP contribution < -0.4 is 15.2 Å². The van der Waals surface area contributed by atoms with Crippen molar-refractivity contribution in [1.82, 2.24) is 0 Å². The molecule has 0 atom stereocenters. The van der Waals surface area contributed by atoms with E-state index in [9.17, 15) is 13.2 Å². The van der Waals surface area contributed by atoms with Crippen LogP contribution in [0.5, 0.6) is 0 Å². The largest absolute Gasteiger partial charge is 0.421 e. The van der Waals surface area contributed by atoms with Crippen LogP contribution in [0.15, 0.2) is 62.6 Å². The summed E-state index contributed by atoms with van der Waals surface area (Å²) in [5.41, 5.74) is 1.37. The first-order valence-electron chi connectivity index (χ1n) is 9.42. The molecule has 6 nitrogen and oxygen atoms in total. The van der Waals surface area contributed by atoms with Crippen LogP contribution in [0, 0.1) is 0 Å². The number of rotatable bonds is 5.